The van der Waals surface area contributed by atoms with E-state index in [1.54, 1.807) is 24.3 Å². The van der Waals surface area contributed by atoms with Gasteiger partial charge in [-0.2, -0.15) is 0 Å². The van der Waals surface area contributed by atoms with E-state index in [2.05, 4.69) is 30.4 Å². The molecule has 2 aromatic rings. The fraction of sp³-hybridized carbons (Fsp3) is 0.435. The number of rotatable bonds is 12. The molecule has 6 nitrogen and oxygen atoms in total. The molecule has 2 rings (SSSR count). The van der Waals surface area contributed by atoms with E-state index >= 15 is 0 Å². The quantitative estimate of drug-likeness (QED) is 0.519. The summed E-state index contributed by atoms with van der Waals surface area (Å²) in [6.07, 6.45) is 3.65. The predicted molar refractivity (Wildman–Crippen MR) is 122 cm³/mol. The van der Waals surface area contributed by atoms with Gasteiger partial charge in [0.05, 0.1) is 18.6 Å². The van der Waals surface area contributed by atoms with Gasteiger partial charge in [-0.05, 0) is 50.8 Å². The van der Waals surface area contributed by atoms with E-state index in [1.165, 1.54) is 21.7 Å². The van der Waals surface area contributed by atoms with Crippen LogP contribution in [0.5, 0.6) is 5.75 Å². The van der Waals surface area contributed by atoms with Gasteiger partial charge >= 0.3 is 0 Å². The first-order chi connectivity index (χ1) is 14.3. The third-order valence-electron chi connectivity index (χ3n) is 4.65. The van der Waals surface area contributed by atoms with E-state index in [4.69, 9.17) is 4.74 Å². The van der Waals surface area contributed by atoms with Crippen molar-refractivity contribution in [2.45, 2.75) is 39.5 Å². The first-order valence-corrected chi connectivity index (χ1v) is 12.2. The van der Waals surface area contributed by atoms with Crippen molar-refractivity contribution in [1.82, 2.24) is 5.32 Å². The Morgan fingerprint density at radius 3 is 2.57 bits per heavy atom. The second-order valence-electron chi connectivity index (χ2n) is 7.28. The van der Waals surface area contributed by atoms with Gasteiger partial charge in [-0.25, -0.2) is 8.42 Å². The van der Waals surface area contributed by atoms with Gasteiger partial charge < -0.3 is 10.1 Å². The molecule has 0 aromatic heterocycles. The highest BCUT2D eigenvalue weighted by molar-refractivity contribution is 7.92. The Kier molecular flexibility index (Phi) is 9.17. The van der Waals surface area contributed by atoms with Crippen molar-refractivity contribution in [2.24, 2.45) is 0 Å². The molecule has 0 saturated carbocycles. The van der Waals surface area contributed by atoms with Crippen molar-refractivity contribution in [3.05, 3.63) is 59.7 Å². The fourth-order valence-electron chi connectivity index (χ4n) is 3.27. The first kappa shape index (κ1) is 23.7. The SMILES string of the molecule is CCOc1ccccc1N(CCCC(=O)NCCCc1cccc(C)c1)S(C)(=O)=O. The largest absolute Gasteiger partial charge is 0.492 e. The highest BCUT2D eigenvalue weighted by atomic mass is 32.2. The van der Waals surface area contributed by atoms with Crippen LogP contribution in [0.25, 0.3) is 0 Å². The average Bonchev–Trinajstić information content (AvgIpc) is 2.69. The molecule has 7 heteroatoms. The molecule has 0 unspecified atom stereocenters. The lowest BCUT2D eigenvalue weighted by molar-refractivity contribution is -0.121. The van der Waals surface area contributed by atoms with Gasteiger partial charge in [0.15, 0.2) is 0 Å². The van der Waals surface area contributed by atoms with E-state index in [0.29, 0.717) is 31.0 Å². The Bertz CT molecular complexity index is 928. The van der Waals surface area contributed by atoms with Crippen molar-refractivity contribution in [3.63, 3.8) is 0 Å². The topological polar surface area (TPSA) is 75.7 Å². The Labute approximate surface area is 180 Å². The molecule has 0 saturated heterocycles. The van der Waals surface area contributed by atoms with Gasteiger partial charge in [0.2, 0.25) is 15.9 Å². The Balaban J connectivity index is 1.81. The van der Waals surface area contributed by atoms with E-state index < -0.39 is 10.0 Å². The van der Waals surface area contributed by atoms with Crippen LogP contribution in [0, 0.1) is 6.92 Å². The molecule has 0 spiro atoms. The maximum absolute atomic E-state index is 12.3. The highest BCUT2D eigenvalue weighted by Gasteiger charge is 2.21. The van der Waals surface area contributed by atoms with Gasteiger partial charge in [-0.15, -0.1) is 0 Å². The standard InChI is InChI=1S/C23H32N2O4S/c1-4-29-22-14-6-5-13-21(22)25(30(3,27)28)17-9-15-23(26)24-16-8-12-20-11-7-10-19(2)18-20/h5-7,10-11,13-14,18H,4,8-9,12,15-17H2,1-3H3,(H,24,26). The lowest BCUT2D eigenvalue weighted by Gasteiger charge is -2.24. The summed E-state index contributed by atoms with van der Waals surface area (Å²) in [7, 11) is -3.49. The monoisotopic (exact) mass is 432 g/mol. The molecule has 0 fully saturated rings. The summed E-state index contributed by atoms with van der Waals surface area (Å²) >= 11 is 0. The molecule has 0 aliphatic carbocycles. The zero-order chi connectivity index (χ0) is 22.0. The van der Waals surface area contributed by atoms with Gasteiger partial charge in [-0.1, -0.05) is 42.0 Å². The number of anilines is 1. The van der Waals surface area contributed by atoms with Crippen molar-refractivity contribution < 1.29 is 17.9 Å². The van der Waals surface area contributed by atoms with Gasteiger partial charge in [0, 0.05) is 19.5 Å². The van der Waals surface area contributed by atoms with Crippen LogP contribution in [0.3, 0.4) is 0 Å². The minimum absolute atomic E-state index is 0.0641. The third kappa shape index (κ3) is 7.71. The number of hydrogen-bond donors (Lipinski definition) is 1. The van der Waals surface area contributed by atoms with Gasteiger partial charge in [0.25, 0.3) is 0 Å². The number of carbonyl (C=O) groups excluding carboxylic acids is 1. The number of hydrogen-bond acceptors (Lipinski definition) is 4. The predicted octanol–water partition coefficient (Wildman–Crippen LogP) is 3.69. The highest BCUT2D eigenvalue weighted by Crippen LogP contribution is 2.30. The van der Waals surface area contributed by atoms with Crippen LogP contribution in [0.15, 0.2) is 48.5 Å². The molecule has 0 atom stereocenters. The summed E-state index contributed by atoms with van der Waals surface area (Å²) in [5.74, 6) is 0.455. The molecular formula is C23H32N2O4S. The molecule has 1 amide bonds. The number of ether oxygens (including phenoxy) is 1. The molecule has 0 heterocycles. The number of nitrogens with one attached hydrogen (secondary N) is 1. The summed E-state index contributed by atoms with van der Waals surface area (Å²) in [6.45, 7) is 5.19. The number of aryl methyl sites for hydroxylation is 2. The Morgan fingerprint density at radius 2 is 1.87 bits per heavy atom. The summed E-state index contributed by atoms with van der Waals surface area (Å²) in [5.41, 5.74) is 3.00. The number of nitrogens with zero attached hydrogens (tertiary/aromatic N) is 1. The van der Waals surface area contributed by atoms with Crippen LogP contribution < -0.4 is 14.4 Å². The normalized spacial score (nSPS) is 11.2. The van der Waals surface area contributed by atoms with Crippen molar-refractivity contribution >= 4 is 21.6 Å². The van der Waals surface area contributed by atoms with Crippen LogP contribution in [0.2, 0.25) is 0 Å². The minimum Gasteiger partial charge on any atom is -0.492 e. The minimum atomic E-state index is -3.49. The smallest absolute Gasteiger partial charge is 0.232 e. The summed E-state index contributed by atoms with van der Waals surface area (Å²) < 4.78 is 31.5. The molecule has 1 N–H and O–H groups in total. The lowest BCUT2D eigenvalue weighted by atomic mass is 10.1. The number of amides is 1. The Hall–Kier alpha value is -2.54. The van der Waals surface area contributed by atoms with Crippen LogP contribution in [-0.2, 0) is 21.2 Å². The van der Waals surface area contributed by atoms with Crippen LogP contribution >= 0.6 is 0 Å². The van der Waals surface area contributed by atoms with E-state index in [1.807, 2.05) is 13.0 Å². The van der Waals surface area contributed by atoms with E-state index in [9.17, 15) is 13.2 Å². The maximum atomic E-state index is 12.3. The zero-order valence-corrected chi connectivity index (χ0v) is 18.9. The van der Waals surface area contributed by atoms with E-state index in [-0.39, 0.29) is 18.9 Å². The molecule has 0 aliphatic rings. The molecule has 30 heavy (non-hydrogen) atoms. The first-order valence-electron chi connectivity index (χ1n) is 10.3. The van der Waals surface area contributed by atoms with Crippen molar-refractivity contribution in [3.8, 4) is 5.75 Å². The molecule has 2 aromatic carbocycles. The van der Waals surface area contributed by atoms with Gasteiger partial charge in [0.1, 0.15) is 5.75 Å². The molecule has 0 bridgehead atoms. The number of benzene rings is 2. The number of para-hydroxylation sites is 2. The molecular weight excluding hydrogens is 400 g/mol. The van der Waals surface area contributed by atoms with Crippen LogP contribution in [-0.4, -0.2) is 40.3 Å². The number of sulfonamides is 1. The van der Waals surface area contributed by atoms with Crippen LogP contribution in [0.1, 0.15) is 37.3 Å². The Morgan fingerprint density at radius 1 is 1.10 bits per heavy atom. The second kappa shape index (κ2) is 11.6. The summed E-state index contributed by atoms with van der Waals surface area (Å²) in [4.78, 5) is 12.1. The zero-order valence-electron chi connectivity index (χ0n) is 18.1. The third-order valence-corrected chi connectivity index (χ3v) is 5.83. The maximum Gasteiger partial charge on any atom is 0.232 e. The molecule has 0 aliphatic heterocycles. The van der Waals surface area contributed by atoms with Crippen LogP contribution in [0.4, 0.5) is 5.69 Å². The van der Waals surface area contributed by atoms with Crippen molar-refractivity contribution in [1.29, 1.82) is 0 Å². The van der Waals surface area contributed by atoms with Gasteiger partial charge in [-0.3, -0.25) is 9.10 Å². The number of carbonyl (C=O) groups is 1. The molecule has 164 valence electrons. The fourth-order valence-corrected chi connectivity index (χ4v) is 4.23. The second-order valence-corrected chi connectivity index (χ2v) is 9.19. The summed E-state index contributed by atoms with van der Waals surface area (Å²) in [5, 5.41) is 2.92. The lowest BCUT2D eigenvalue weighted by Crippen LogP contribution is -2.32. The average molecular weight is 433 g/mol. The molecule has 0 radical (unpaired) electrons. The van der Waals surface area contributed by atoms with E-state index in [0.717, 1.165) is 12.8 Å². The van der Waals surface area contributed by atoms with Crippen molar-refractivity contribution in [2.75, 3.05) is 30.3 Å². The summed E-state index contributed by atoms with van der Waals surface area (Å²) in [6, 6.07) is 15.4.